The van der Waals surface area contributed by atoms with Crippen molar-refractivity contribution in [2.75, 3.05) is 0 Å². The van der Waals surface area contributed by atoms with Gasteiger partial charge in [-0.3, -0.25) is 0 Å². The van der Waals surface area contributed by atoms with E-state index in [2.05, 4.69) is 35.2 Å². The first kappa shape index (κ1) is 20.1. The summed E-state index contributed by atoms with van der Waals surface area (Å²) in [5.41, 5.74) is 1.51. The molecule has 6 nitrogen and oxygen atoms in total. The summed E-state index contributed by atoms with van der Waals surface area (Å²) in [5, 5.41) is 1.74. The van der Waals surface area contributed by atoms with Crippen LogP contribution >= 0.6 is 25.3 Å². The van der Waals surface area contributed by atoms with Gasteiger partial charge < -0.3 is 0 Å². The van der Waals surface area contributed by atoms with Crippen LogP contribution in [0.15, 0.2) is 70.5 Å². The molecule has 0 fully saturated rings. The van der Waals surface area contributed by atoms with Gasteiger partial charge in [-0.1, -0.05) is 0 Å². The van der Waals surface area contributed by atoms with Gasteiger partial charge in [-0.15, -0.1) is 0 Å². The van der Waals surface area contributed by atoms with Crippen molar-refractivity contribution in [1.82, 2.24) is 9.97 Å². The number of fused-ring (bicyclic) bond motifs is 2. The summed E-state index contributed by atoms with van der Waals surface area (Å²) in [6, 6.07) is 17.7. The molecule has 4 rings (SSSR count). The zero-order valence-electron chi connectivity index (χ0n) is 14.7. The number of pyridine rings is 2. The summed E-state index contributed by atoms with van der Waals surface area (Å²) >= 11 is 6.25. The van der Waals surface area contributed by atoms with Crippen LogP contribution in [-0.2, 0) is 5.37 Å². The molecular weight excluding hydrogens is 604 g/mol. The summed E-state index contributed by atoms with van der Waals surface area (Å²) in [5.74, 6) is -1.24. The van der Waals surface area contributed by atoms with E-state index in [1.807, 2.05) is 24.3 Å². The van der Waals surface area contributed by atoms with E-state index in [4.69, 9.17) is 5.37 Å². The van der Waals surface area contributed by atoms with Crippen LogP contribution in [0.25, 0.3) is 21.8 Å². The van der Waals surface area contributed by atoms with Crippen molar-refractivity contribution in [3.05, 3.63) is 72.1 Å². The van der Waals surface area contributed by atoms with Crippen LogP contribution in [0.1, 0.15) is 21.0 Å². The number of aromatic nitrogens is 2. The fourth-order valence-electron chi connectivity index (χ4n) is 2.69. The number of rotatable bonds is 4. The SMILES string of the molecule is O=C([O][Pb][O]C(=O)c1ccc2cccc(S)c2n1)c1ccc2cccc(S)c2n1. The van der Waals surface area contributed by atoms with Crippen molar-refractivity contribution in [2.24, 2.45) is 0 Å². The minimum atomic E-state index is -2.45. The Morgan fingerprint density at radius 3 is 1.59 bits per heavy atom. The first-order valence-electron chi connectivity index (χ1n) is 8.38. The summed E-state index contributed by atoms with van der Waals surface area (Å²) in [7, 11) is 0. The summed E-state index contributed by atoms with van der Waals surface area (Å²) < 4.78 is 10.4. The van der Waals surface area contributed by atoms with Crippen molar-refractivity contribution in [2.45, 2.75) is 9.79 Å². The van der Waals surface area contributed by atoms with Crippen molar-refractivity contribution in [3.63, 3.8) is 0 Å². The average Bonchev–Trinajstić information content (AvgIpc) is 2.74. The maximum absolute atomic E-state index is 12.3. The van der Waals surface area contributed by atoms with Gasteiger partial charge in [-0.2, -0.15) is 0 Å². The molecule has 0 aliphatic carbocycles. The number of hydrogen-bond donors (Lipinski definition) is 2. The second kappa shape index (κ2) is 8.68. The van der Waals surface area contributed by atoms with E-state index >= 15 is 0 Å². The van der Waals surface area contributed by atoms with Gasteiger partial charge in [-0.05, 0) is 0 Å². The van der Waals surface area contributed by atoms with E-state index in [9.17, 15) is 9.59 Å². The molecule has 0 aliphatic heterocycles. The number of benzene rings is 2. The van der Waals surface area contributed by atoms with Crippen LogP contribution in [0.5, 0.6) is 0 Å². The van der Waals surface area contributed by atoms with E-state index in [1.165, 1.54) is 0 Å². The second-order valence-corrected chi connectivity index (χ2v) is 9.15. The fourth-order valence-corrected chi connectivity index (χ4v) is 4.79. The summed E-state index contributed by atoms with van der Waals surface area (Å²) in [6.45, 7) is 0. The van der Waals surface area contributed by atoms with Crippen LogP contribution in [0, 0.1) is 0 Å². The van der Waals surface area contributed by atoms with Crippen LogP contribution in [-0.4, -0.2) is 47.0 Å². The van der Waals surface area contributed by atoms with Crippen molar-refractivity contribution in [3.8, 4) is 0 Å². The number of para-hydroxylation sites is 2. The number of carbonyl (C=O) groups is 2. The Morgan fingerprint density at radius 1 is 0.690 bits per heavy atom. The predicted molar refractivity (Wildman–Crippen MR) is 115 cm³/mol. The maximum atomic E-state index is 12.3. The Morgan fingerprint density at radius 2 is 1.14 bits per heavy atom. The Labute approximate surface area is 190 Å². The predicted octanol–water partition coefficient (Wildman–Crippen LogP) is 3.91. The average molecular weight is 616 g/mol. The molecule has 2 radical (unpaired) electrons. The zero-order valence-corrected chi connectivity index (χ0v) is 20.4. The molecule has 2 aromatic heterocycles. The molecule has 0 N–H and O–H groups in total. The van der Waals surface area contributed by atoms with Gasteiger partial charge >= 0.3 is 191 Å². The fraction of sp³-hybridized carbons (Fsp3) is 0. The van der Waals surface area contributed by atoms with Gasteiger partial charge in [0.2, 0.25) is 0 Å². The van der Waals surface area contributed by atoms with Crippen LogP contribution < -0.4 is 0 Å². The first-order chi connectivity index (χ1) is 14.0. The van der Waals surface area contributed by atoms with Crippen LogP contribution in [0.4, 0.5) is 0 Å². The molecule has 2 heterocycles. The standard InChI is InChI=1S/2C10H7NO2S.Pb/c2*12-10(13)7-5-4-6-2-1-3-8(14)9(6)11-7;/h2*1-5,14H,(H,12,13);/q;;+2/p-2. The van der Waals surface area contributed by atoms with E-state index < -0.39 is 37.1 Å². The monoisotopic (exact) mass is 616 g/mol. The van der Waals surface area contributed by atoms with E-state index in [1.54, 1.807) is 36.4 Å². The molecule has 4 aromatic rings. The Balaban J connectivity index is 1.42. The molecule has 0 atom stereocenters. The first-order valence-corrected chi connectivity index (χ1v) is 12.4. The summed E-state index contributed by atoms with van der Waals surface area (Å²) in [6.07, 6.45) is 0. The molecule has 0 bridgehead atoms. The summed E-state index contributed by atoms with van der Waals surface area (Å²) in [4.78, 5) is 34.4. The molecule has 0 aliphatic rings. The topological polar surface area (TPSA) is 78.4 Å². The van der Waals surface area contributed by atoms with Crippen molar-refractivity contribution >= 4 is 84.1 Å². The molecule has 0 spiro atoms. The van der Waals surface area contributed by atoms with Crippen LogP contribution in [0.3, 0.4) is 0 Å². The Hall–Kier alpha value is -2.18. The number of nitrogens with zero attached hydrogens (tertiary/aromatic N) is 2. The quantitative estimate of drug-likeness (QED) is 0.268. The number of thiol groups is 2. The molecule has 142 valence electrons. The van der Waals surface area contributed by atoms with Gasteiger partial charge in [0.15, 0.2) is 0 Å². The number of carbonyl (C=O) groups excluding carboxylic acids is 2. The molecule has 0 unspecified atom stereocenters. The van der Waals surface area contributed by atoms with Gasteiger partial charge in [0.05, 0.1) is 0 Å². The van der Waals surface area contributed by atoms with Crippen LogP contribution in [0.2, 0.25) is 0 Å². The third-order valence-electron chi connectivity index (χ3n) is 4.08. The van der Waals surface area contributed by atoms with Gasteiger partial charge in [0.25, 0.3) is 0 Å². The molecule has 9 heteroatoms. The van der Waals surface area contributed by atoms with Gasteiger partial charge in [0.1, 0.15) is 0 Å². The molecule has 0 saturated carbocycles. The van der Waals surface area contributed by atoms with E-state index in [0.717, 1.165) is 10.8 Å². The normalized spacial score (nSPS) is 10.8. The molecule has 29 heavy (non-hydrogen) atoms. The molecular formula is C20H12N2O4PbS2. The van der Waals surface area contributed by atoms with E-state index in [-0.39, 0.29) is 11.4 Å². The molecule has 0 saturated heterocycles. The van der Waals surface area contributed by atoms with Gasteiger partial charge in [0, 0.05) is 0 Å². The molecule has 2 aromatic carbocycles. The van der Waals surface area contributed by atoms with E-state index in [0.29, 0.717) is 20.8 Å². The Kier molecular flexibility index (Phi) is 6.02. The minimum absolute atomic E-state index is 0.145. The zero-order chi connectivity index (χ0) is 20.4. The van der Waals surface area contributed by atoms with Crippen molar-refractivity contribution in [1.29, 1.82) is 0 Å². The Bertz CT molecular complexity index is 1170. The third-order valence-corrected chi connectivity index (χ3v) is 6.90. The third kappa shape index (κ3) is 4.38. The van der Waals surface area contributed by atoms with Gasteiger partial charge in [-0.25, -0.2) is 0 Å². The van der Waals surface area contributed by atoms with Crippen molar-refractivity contribution < 1.29 is 15.0 Å². The number of hydrogen-bond acceptors (Lipinski definition) is 8. The second-order valence-electron chi connectivity index (χ2n) is 5.95. The molecule has 0 amide bonds.